The number of hydrogen-bond donors (Lipinski definition) is 0. The van der Waals surface area contributed by atoms with Crippen molar-refractivity contribution < 1.29 is 13.9 Å². The average Bonchev–Trinajstić information content (AvgIpc) is 2.48. The largest absolute Gasteiger partial charge is 0.381 e. The number of benzene rings is 1. The van der Waals surface area contributed by atoms with Crippen LogP contribution >= 0.6 is 0 Å². The van der Waals surface area contributed by atoms with Crippen LogP contribution in [-0.2, 0) is 16.0 Å². The molecule has 0 radical (unpaired) electrons. The normalized spacial score (nSPS) is 19.1. The van der Waals surface area contributed by atoms with Gasteiger partial charge in [0.25, 0.3) is 0 Å². The lowest BCUT2D eigenvalue weighted by atomic mass is 9.98. The molecule has 1 amide bonds. The van der Waals surface area contributed by atoms with Gasteiger partial charge in [-0.15, -0.1) is 0 Å². The highest BCUT2D eigenvalue weighted by Gasteiger charge is 2.24. The summed E-state index contributed by atoms with van der Waals surface area (Å²) in [6.45, 7) is 4.90. The Morgan fingerprint density at radius 2 is 2.25 bits per heavy atom. The van der Waals surface area contributed by atoms with Gasteiger partial charge in [0.05, 0.1) is 13.0 Å². The van der Waals surface area contributed by atoms with Crippen molar-refractivity contribution in [2.75, 3.05) is 26.3 Å². The average molecular weight is 279 g/mol. The van der Waals surface area contributed by atoms with E-state index >= 15 is 0 Å². The van der Waals surface area contributed by atoms with Crippen molar-refractivity contribution in [3.8, 4) is 0 Å². The Hall–Kier alpha value is -1.42. The maximum absolute atomic E-state index is 13.6. The molecule has 1 aromatic rings. The second-order valence-electron chi connectivity index (χ2n) is 5.28. The second kappa shape index (κ2) is 7.39. The molecule has 3 nitrogen and oxygen atoms in total. The van der Waals surface area contributed by atoms with Gasteiger partial charge < -0.3 is 9.64 Å². The first-order chi connectivity index (χ1) is 9.70. The quantitative estimate of drug-likeness (QED) is 0.829. The highest BCUT2D eigenvalue weighted by Crippen LogP contribution is 2.18. The zero-order chi connectivity index (χ0) is 14.4. The summed E-state index contributed by atoms with van der Waals surface area (Å²) in [6.07, 6.45) is 2.25. The number of carbonyl (C=O) groups is 1. The van der Waals surface area contributed by atoms with Crippen LogP contribution in [0.15, 0.2) is 24.3 Å². The van der Waals surface area contributed by atoms with Crippen LogP contribution in [0.5, 0.6) is 0 Å². The number of rotatable bonds is 5. The van der Waals surface area contributed by atoms with E-state index in [0.29, 0.717) is 24.7 Å². The molecule has 4 heteroatoms. The zero-order valence-electron chi connectivity index (χ0n) is 12.0. The van der Waals surface area contributed by atoms with E-state index in [-0.39, 0.29) is 18.1 Å². The molecule has 110 valence electrons. The van der Waals surface area contributed by atoms with Gasteiger partial charge in [0.2, 0.25) is 5.91 Å². The van der Waals surface area contributed by atoms with Gasteiger partial charge in [0.15, 0.2) is 0 Å². The molecule has 1 unspecified atom stereocenters. The molecule has 1 fully saturated rings. The Balaban J connectivity index is 1.90. The molecule has 1 heterocycles. The Morgan fingerprint density at radius 3 is 3.00 bits per heavy atom. The first-order valence-corrected chi connectivity index (χ1v) is 7.29. The van der Waals surface area contributed by atoms with Crippen molar-refractivity contribution in [1.29, 1.82) is 0 Å². The summed E-state index contributed by atoms with van der Waals surface area (Å²) in [4.78, 5) is 14.1. The SMILES string of the molecule is CCOCC1CCCN(C(=O)Cc2ccccc2F)C1. The van der Waals surface area contributed by atoms with Crippen LogP contribution in [0.2, 0.25) is 0 Å². The second-order valence-corrected chi connectivity index (χ2v) is 5.28. The van der Waals surface area contributed by atoms with Gasteiger partial charge >= 0.3 is 0 Å². The maximum atomic E-state index is 13.6. The van der Waals surface area contributed by atoms with Crippen LogP contribution in [-0.4, -0.2) is 37.1 Å². The van der Waals surface area contributed by atoms with Gasteiger partial charge in [-0.05, 0) is 37.3 Å². The molecule has 1 aliphatic heterocycles. The molecule has 0 spiro atoms. The van der Waals surface area contributed by atoms with E-state index < -0.39 is 0 Å². The molecule has 20 heavy (non-hydrogen) atoms. The smallest absolute Gasteiger partial charge is 0.227 e. The molecule has 0 bridgehead atoms. The minimum absolute atomic E-state index is 0.0105. The van der Waals surface area contributed by atoms with Crippen LogP contribution in [0, 0.1) is 11.7 Å². The number of ether oxygens (including phenoxy) is 1. The van der Waals surface area contributed by atoms with Crippen LogP contribution < -0.4 is 0 Å². The molecule has 1 atom stereocenters. The van der Waals surface area contributed by atoms with E-state index in [1.165, 1.54) is 6.07 Å². The number of likely N-dealkylation sites (tertiary alicyclic amines) is 1. The van der Waals surface area contributed by atoms with Crippen molar-refractivity contribution in [2.24, 2.45) is 5.92 Å². The lowest BCUT2D eigenvalue weighted by molar-refractivity contribution is -0.132. The third-order valence-corrected chi connectivity index (χ3v) is 3.73. The molecule has 1 aromatic carbocycles. The number of carbonyl (C=O) groups excluding carboxylic acids is 1. The van der Waals surface area contributed by atoms with Crippen LogP contribution in [0.4, 0.5) is 4.39 Å². The Bertz CT molecular complexity index is 450. The Labute approximate surface area is 119 Å². The fourth-order valence-corrected chi connectivity index (χ4v) is 2.63. The summed E-state index contributed by atoms with van der Waals surface area (Å²) in [5, 5.41) is 0. The molecule has 0 N–H and O–H groups in total. The summed E-state index contributed by atoms with van der Waals surface area (Å²) in [5.74, 6) is 0.119. The third-order valence-electron chi connectivity index (χ3n) is 3.73. The van der Waals surface area contributed by atoms with Gasteiger partial charge in [-0.1, -0.05) is 18.2 Å². The maximum Gasteiger partial charge on any atom is 0.227 e. The van der Waals surface area contributed by atoms with Crippen LogP contribution in [0.25, 0.3) is 0 Å². The first kappa shape index (κ1) is 15.0. The molecular formula is C16H22FNO2. The first-order valence-electron chi connectivity index (χ1n) is 7.29. The number of hydrogen-bond acceptors (Lipinski definition) is 2. The summed E-state index contributed by atoms with van der Waals surface area (Å²) in [6, 6.07) is 6.48. The van der Waals surface area contributed by atoms with Gasteiger partial charge in [-0.25, -0.2) is 4.39 Å². The fourth-order valence-electron chi connectivity index (χ4n) is 2.63. The van der Waals surface area contributed by atoms with Crippen molar-refractivity contribution >= 4 is 5.91 Å². The third kappa shape index (κ3) is 4.04. The summed E-state index contributed by atoms with van der Waals surface area (Å²) < 4.78 is 19.0. The van der Waals surface area contributed by atoms with Crippen molar-refractivity contribution in [1.82, 2.24) is 4.90 Å². The van der Waals surface area contributed by atoms with E-state index in [1.807, 2.05) is 11.8 Å². The van der Waals surface area contributed by atoms with E-state index in [0.717, 1.165) is 25.9 Å². The topological polar surface area (TPSA) is 29.5 Å². The van der Waals surface area contributed by atoms with Crippen molar-refractivity contribution in [3.63, 3.8) is 0 Å². The summed E-state index contributed by atoms with van der Waals surface area (Å²) in [7, 11) is 0. The summed E-state index contributed by atoms with van der Waals surface area (Å²) >= 11 is 0. The Morgan fingerprint density at radius 1 is 1.45 bits per heavy atom. The van der Waals surface area contributed by atoms with Gasteiger partial charge in [0, 0.05) is 19.7 Å². The van der Waals surface area contributed by atoms with E-state index in [4.69, 9.17) is 4.74 Å². The zero-order valence-corrected chi connectivity index (χ0v) is 12.0. The standard InChI is InChI=1S/C16H22FNO2/c1-2-20-12-13-6-5-9-18(11-13)16(19)10-14-7-3-4-8-15(14)17/h3-4,7-8,13H,2,5-6,9-12H2,1H3. The van der Waals surface area contributed by atoms with Crippen LogP contribution in [0.3, 0.4) is 0 Å². The number of nitrogens with zero attached hydrogens (tertiary/aromatic N) is 1. The highest BCUT2D eigenvalue weighted by atomic mass is 19.1. The minimum atomic E-state index is -0.302. The monoisotopic (exact) mass is 279 g/mol. The minimum Gasteiger partial charge on any atom is -0.381 e. The lowest BCUT2D eigenvalue weighted by Gasteiger charge is -2.32. The lowest BCUT2D eigenvalue weighted by Crippen LogP contribution is -2.42. The van der Waals surface area contributed by atoms with Gasteiger partial charge in [-0.2, -0.15) is 0 Å². The molecule has 0 aromatic heterocycles. The molecule has 2 rings (SSSR count). The van der Waals surface area contributed by atoms with Crippen molar-refractivity contribution in [3.05, 3.63) is 35.6 Å². The van der Waals surface area contributed by atoms with Gasteiger partial charge in [-0.3, -0.25) is 4.79 Å². The molecular weight excluding hydrogens is 257 g/mol. The number of amides is 1. The molecule has 1 aliphatic rings. The number of piperidine rings is 1. The molecule has 1 saturated heterocycles. The van der Waals surface area contributed by atoms with E-state index in [1.54, 1.807) is 18.2 Å². The fraction of sp³-hybridized carbons (Fsp3) is 0.562. The van der Waals surface area contributed by atoms with E-state index in [2.05, 4.69) is 0 Å². The molecule has 0 aliphatic carbocycles. The Kier molecular flexibility index (Phi) is 5.53. The van der Waals surface area contributed by atoms with Gasteiger partial charge in [0.1, 0.15) is 5.82 Å². The molecule has 0 saturated carbocycles. The van der Waals surface area contributed by atoms with E-state index in [9.17, 15) is 9.18 Å². The predicted molar refractivity (Wildman–Crippen MR) is 75.9 cm³/mol. The van der Waals surface area contributed by atoms with Crippen molar-refractivity contribution in [2.45, 2.75) is 26.2 Å². The highest BCUT2D eigenvalue weighted by molar-refractivity contribution is 5.78. The predicted octanol–water partition coefficient (Wildman–Crippen LogP) is 2.64. The van der Waals surface area contributed by atoms with Crippen LogP contribution in [0.1, 0.15) is 25.3 Å². The summed E-state index contributed by atoms with van der Waals surface area (Å²) in [5.41, 5.74) is 0.476. The number of halogens is 1.